The Balaban J connectivity index is 3.37. The molecular weight excluding hydrogens is 328 g/mol. The van der Waals surface area contributed by atoms with Crippen LogP contribution in [0, 0.1) is 13.8 Å². The highest BCUT2D eigenvalue weighted by atomic mass is 32.2. The van der Waals surface area contributed by atoms with E-state index in [2.05, 4.69) is 4.72 Å². The minimum Gasteiger partial charge on any atom is -0.386 e. The van der Waals surface area contributed by atoms with E-state index in [4.69, 9.17) is 0 Å². The first-order valence-electron chi connectivity index (χ1n) is 7.77. The van der Waals surface area contributed by atoms with Gasteiger partial charge in [-0.2, -0.15) is 4.72 Å². The van der Waals surface area contributed by atoms with E-state index in [-0.39, 0.29) is 0 Å². The number of aliphatic hydroxyl groups excluding tert-OH is 1. The summed E-state index contributed by atoms with van der Waals surface area (Å²) in [5.74, 6) is -0.502. The normalized spacial score (nSPS) is 15.0. The van der Waals surface area contributed by atoms with Crippen molar-refractivity contribution in [1.82, 2.24) is 9.62 Å². The van der Waals surface area contributed by atoms with Crippen molar-refractivity contribution >= 4 is 15.9 Å². The maximum Gasteiger partial charge on any atom is 0.243 e. The largest absolute Gasteiger partial charge is 0.386 e. The van der Waals surface area contributed by atoms with Crippen LogP contribution in [0.15, 0.2) is 18.2 Å². The third kappa shape index (κ3) is 4.34. The summed E-state index contributed by atoms with van der Waals surface area (Å²) in [6.45, 7) is 8.26. The van der Waals surface area contributed by atoms with Crippen LogP contribution >= 0.6 is 0 Å². The molecule has 2 N–H and O–H groups in total. The molecule has 1 aromatic rings. The SMILES string of the molecule is Cc1cccc(C)c1[C@@H](O)[C@H](NS(=O)(=O)C(C)(C)C)C(=O)N(C)C. The van der Waals surface area contributed by atoms with Crippen LogP contribution in [-0.2, 0) is 14.8 Å². The summed E-state index contributed by atoms with van der Waals surface area (Å²) in [6, 6.07) is 4.20. The molecule has 2 atom stereocenters. The summed E-state index contributed by atoms with van der Waals surface area (Å²) in [6.07, 6.45) is -1.28. The van der Waals surface area contributed by atoms with Crippen molar-refractivity contribution in [2.45, 2.75) is 51.5 Å². The highest BCUT2D eigenvalue weighted by Crippen LogP contribution is 2.27. The van der Waals surface area contributed by atoms with Crippen molar-refractivity contribution in [3.05, 3.63) is 34.9 Å². The molecule has 0 heterocycles. The molecule has 0 fully saturated rings. The summed E-state index contributed by atoms with van der Waals surface area (Å²) in [4.78, 5) is 13.8. The van der Waals surface area contributed by atoms with Gasteiger partial charge < -0.3 is 10.0 Å². The van der Waals surface area contributed by atoms with E-state index in [9.17, 15) is 18.3 Å². The van der Waals surface area contributed by atoms with Crippen LogP contribution in [0.25, 0.3) is 0 Å². The van der Waals surface area contributed by atoms with Crippen LogP contribution in [0.5, 0.6) is 0 Å². The Labute approximate surface area is 144 Å². The van der Waals surface area contributed by atoms with Gasteiger partial charge in [0.15, 0.2) is 0 Å². The van der Waals surface area contributed by atoms with Crippen molar-refractivity contribution in [1.29, 1.82) is 0 Å². The summed E-state index contributed by atoms with van der Waals surface area (Å²) in [5.41, 5.74) is 2.16. The number of amides is 1. The van der Waals surface area contributed by atoms with Gasteiger partial charge in [-0.15, -0.1) is 0 Å². The van der Waals surface area contributed by atoms with Crippen molar-refractivity contribution in [3.63, 3.8) is 0 Å². The fourth-order valence-electron chi connectivity index (χ4n) is 2.33. The second-order valence-electron chi connectivity index (χ2n) is 7.19. The van der Waals surface area contributed by atoms with Crippen LogP contribution in [-0.4, -0.2) is 49.2 Å². The van der Waals surface area contributed by atoms with Crippen LogP contribution in [0.3, 0.4) is 0 Å². The lowest BCUT2D eigenvalue weighted by atomic mass is 9.93. The Bertz CT molecular complexity index is 686. The van der Waals surface area contributed by atoms with Crippen LogP contribution in [0.2, 0.25) is 0 Å². The fourth-order valence-corrected chi connectivity index (χ4v) is 3.25. The molecule has 0 aliphatic rings. The van der Waals surface area contributed by atoms with E-state index in [1.807, 2.05) is 32.0 Å². The molecule has 0 saturated heterocycles. The molecule has 1 amide bonds. The maximum absolute atomic E-state index is 12.5. The molecule has 1 aromatic carbocycles. The number of benzene rings is 1. The first kappa shape index (κ1) is 20.6. The molecule has 0 aromatic heterocycles. The smallest absolute Gasteiger partial charge is 0.243 e. The molecule has 24 heavy (non-hydrogen) atoms. The number of sulfonamides is 1. The molecule has 0 aliphatic carbocycles. The van der Waals surface area contributed by atoms with Crippen molar-refractivity contribution in [2.75, 3.05) is 14.1 Å². The van der Waals surface area contributed by atoms with E-state index in [1.54, 1.807) is 0 Å². The summed E-state index contributed by atoms with van der Waals surface area (Å²) >= 11 is 0. The Morgan fingerprint density at radius 3 is 2.00 bits per heavy atom. The van der Waals surface area contributed by atoms with Gasteiger partial charge >= 0.3 is 0 Å². The number of aliphatic hydroxyl groups is 1. The van der Waals surface area contributed by atoms with Gasteiger partial charge in [-0.05, 0) is 51.3 Å². The van der Waals surface area contributed by atoms with Gasteiger partial charge in [-0.25, -0.2) is 8.42 Å². The Kier molecular flexibility index (Phi) is 6.19. The summed E-state index contributed by atoms with van der Waals surface area (Å²) in [5, 5.41) is 10.8. The van der Waals surface area contributed by atoms with Gasteiger partial charge in [-0.3, -0.25) is 4.79 Å². The summed E-state index contributed by atoms with van der Waals surface area (Å²) in [7, 11) is -0.760. The molecule has 0 bridgehead atoms. The number of rotatable bonds is 5. The number of carbonyl (C=O) groups is 1. The average Bonchev–Trinajstić information content (AvgIpc) is 2.42. The third-order valence-corrected chi connectivity index (χ3v) is 6.13. The molecule has 0 spiro atoms. The number of carbonyl (C=O) groups excluding carboxylic acids is 1. The van der Waals surface area contributed by atoms with Crippen molar-refractivity contribution in [2.24, 2.45) is 0 Å². The van der Waals surface area contributed by atoms with Gasteiger partial charge in [0.1, 0.15) is 12.1 Å². The lowest BCUT2D eigenvalue weighted by Crippen LogP contribution is -2.53. The molecule has 6 nitrogen and oxygen atoms in total. The molecule has 0 aliphatic heterocycles. The second-order valence-corrected chi connectivity index (χ2v) is 9.66. The third-order valence-electron chi connectivity index (χ3n) is 3.95. The highest BCUT2D eigenvalue weighted by Gasteiger charge is 2.38. The fraction of sp³-hybridized carbons (Fsp3) is 0.588. The minimum atomic E-state index is -3.81. The minimum absolute atomic E-state index is 0.502. The maximum atomic E-state index is 12.5. The molecule has 136 valence electrons. The van der Waals surface area contributed by atoms with Crippen molar-refractivity contribution < 1.29 is 18.3 Å². The first-order valence-corrected chi connectivity index (χ1v) is 9.25. The molecule has 1 rings (SSSR count). The Morgan fingerprint density at radius 2 is 1.62 bits per heavy atom. The number of nitrogens with one attached hydrogen (secondary N) is 1. The lowest BCUT2D eigenvalue weighted by Gasteiger charge is -2.30. The van der Waals surface area contributed by atoms with Gasteiger partial charge in [0, 0.05) is 14.1 Å². The van der Waals surface area contributed by atoms with Gasteiger partial charge in [0.2, 0.25) is 15.9 Å². The summed E-state index contributed by atoms with van der Waals surface area (Å²) < 4.78 is 26.3. The molecule has 0 unspecified atom stereocenters. The lowest BCUT2D eigenvalue weighted by molar-refractivity contribution is -0.133. The van der Waals surface area contributed by atoms with E-state index in [0.717, 1.165) is 11.1 Å². The molecule has 0 radical (unpaired) electrons. The standard InChI is InChI=1S/C17H28N2O4S/c1-11-9-8-10-12(2)13(11)15(20)14(16(21)19(6)7)18-24(22,23)17(3,4)5/h8-10,14-15,18,20H,1-7H3/t14-,15+/m0/s1. The van der Waals surface area contributed by atoms with Crippen LogP contribution in [0.1, 0.15) is 43.6 Å². The van der Waals surface area contributed by atoms with E-state index in [1.165, 1.54) is 39.8 Å². The van der Waals surface area contributed by atoms with E-state index < -0.39 is 32.8 Å². The molecule has 0 saturated carbocycles. The predicted octanol–water partition coefficient (Wildman–Crippen LogP) is 1.51. The number of hydrogen-bond acceptors (Lipinski definition) is 4. The number of hydrogen-bond donors (Lipinski definition) is 2. The van der Waals surface area contributed by atoms with Gasteiger partial charge in [0.25, 0.3) is 0 Å². The second kappa shape index (κ2) is 7.21. The average molecular weight is 356 g/mol. The number of nitrogens with zero attached hydrogens (tertiary/aromatic N) is 1. The predicted molar refractivity (Wildman–Crippen MR) is 95.2 cm³/mol. The Morgan fingerprint density at radius 1 is 1.17 bits per heavy atom. The zero-order chi connectivity index (χ0) is 18.9. The van der Waals surface area contributed by atoms with E-state index in [0.29, 0.717) is 5.56 Å². The topological polar surface area (TPSA) is 86.7 Å². The van der Waals surface area contributed by atoms with Crippen LogP contribution in [0.4, 0.5) is 0 Å². The monoisotopic (exact) mass is 356 g/mol. The molecular formula is C17H28N2O4S. The number of likely N-dealkylation sites (N-methyl/N-ethyl adjacent to an activating group) is 1. The first-order chi connectivity index (χ1) is 10.8. The van der Waals surface area contributed by atoms with Crippen LogP contribution < -0.4 is 4.72 Å². The van der Waals surface area contributed by atoms with Gasteiger partial charge in [0.05, 0.1) is 4.75 Å². The number of aryl methyl sites for hydroxylation is 2. The zero-order valence-electron chi connectivity index (χ0n) is 15.4. The molecule has 7 heteroatoms. The quantitative estimate of drug-likeness (QED) is 0.837. The van der Waals surface area contributed by atoms with E-state index >= 15 is 0 Å². The highest BCUT2D eigenvalue weighted by molar-refractivity contribution is 7.90. The Hall–Kier alpha value is -1.44. The zero-order valence-corrected chi connectivity index (χ0v) is 16.2. The van der Waals surface area contributed by atoms with Crippen molar-refractivity contribution in [3.8, 4) is 0 Å². The van der Waals surface area contributed by atoms with Gasteiger partial charge in [-0.1, -0.05) is 18.2 Å².